The van der Waals surface area contributed by atoms with E-state index in [-0.39, 0.29) is 34.8 Å². The van der Waals surface area contributed by atoms with E-state index >= 15 is 0 Å². The van der Waals surface area contributed by atoms with Crippen LogP contribution < -0.4 is 10.2 Å². The second kappa shape index (κ2) is 8.24. The predicted molar refractivity (Wildman–Crippen MR) is 105 cm³/mol. The van der Waals surface area contributed by atoms with Gasteiger partial charge in [-0.3, -0.25) is 9.59 Å². The van der Waals surface area contributed by atoms with Crippen LogP contribution in [0.5, 0.6) is 0 Å². The maximum atomic E-state index is 13.0. The number of hydrogen-bond acceptors (Lipinski definition) is 4. The Morgan fingerprint density at radius 2 is 1.80 bits per heavy atom. The molecule has 3 heterocycles. The molecule has 2 amide bonds. The van der Waals surface area contributed by atoms with E-state index in [9.17, 15) is 22.8 Å². The number of piperidine rings is 1. The minimum atomic E-state index is -4.49. The lowest BCUT2D eigenvalue weighted by Crippen LogP contribution is -2.50. The highest BCUT2D eigenvalue weighted by Gasteiger charge is 2.40. The number of rotatable bonds is 4. The zero-order valence-electron chi connectivity index (χ0n) is 16.4. The molecule has 0 bridgehead atoms. The molecule has 2 saturated heterocycles. The molecule has 0 spiro atoms. The Kier molecular flexibility index (Phi) is 5.83. The van der Waals surface area contributed by atoms with Crippen LogP contribution in [-0.4, -0.2) is 53.4 Å². The molecule has 6 nitrogen and oxygen atoms in total. The van der Waals surface area contributed by atoms with Crippen molar-refractivity contribution in [3.8, 4) is 0 Å². The quantitative estimate of drug-likeness (QED) is 0.774. The fraction of sp³-hybridized carbons (Fsp3) is 0.650. The topological polar surface area (TPSA) is 65.5 Å². The zero-order valence-corrected chi connectivity index (χ0v) is 17.2. The van der Waals surface area contributed by atoms with E-state index < -0.39 is 11.7 Å². The first-order chi connectivity index (χ1) is 14.2. The van der Waals surface area contributed by atoms with Crippen molar-refractivity contribution in [2.75, 3.05) is 24.5 Å². The minimum absolute atomic E-state index is 0.00503. The highest BCUT2D eigenvalue weighted by Crippen LogP contribution is 2.35. The van der Waals surface area contributed by atoms with Gasteiger partial charge < -0.3 is 15.1 Å². The van der Waals surface area contributed by atoms with Crippen LogP contribution in [0.25, 0.3) is 0 Å². The Morgan fingerprint density at radius 1 is 1.10 bits per heavy atom. The van der Waals surface area contributed by atoms with Gasteiger partial charge in [0.05, 0.1) is 10.6 Å². The number of hydrogen-bond donors (Lipinski definition) is 1. The van der Waals surface area contributed by atoms with Crippen LogP contribution in [0.15, 0.2) is 12.3 Å². The van der Waals surface area contributed by atoms with Gasteiger partial charge in [-0.15, -0.1) is 0 Å². The number of likely N-dealkylation sites (tertiary alicyclic amines) is 1. The lowest BCUT2D eigenvalue weighted by atomic mass is 9.94. The van der Waals surface area contributed by atoms with Gasteiger partial charge in [-0.2, -0.15) is 13.2 Å². The van der Waals surface area contributed by atoms with E-state index in [0.29, 0.717) is 44.7 Å². The maximum absolute atomic E-state index is 13.0. The third kappa shape index (κ3) is 4.50. The van der Waals surface area contributed by atoms with Crippen LogP contribution in [0, 0.1) is 5.92 Å². The molecule has 0 radical (unpaired) electrons. The summed E-state index contributed by atoms with van der Waals surface area (Å²) in [5, 5.41) is 2.94. The number of halogens is 4. The Labute approximate surface area is 177 Å². The molecule has 1 saturated carbocycles. The molecule has 4 rings (SSSR count). The Bertz CT molecular complexity index is 823. The van der Waals surface area contributed by atoms with Gasteiger partial charge in [-0.25, -0.2) is 4.98 Å². The van der Waals surface area contributed by atoms with Gasteiger partial charge in [0.25, 0.3) is 0 Å². The number of aromatic nitrogens is 1. The SMILES string of the molecule is O=C(NC1CC1)C1CCCN1C(=O)C1CCN(c2ncc(C(F)(F)F)cc2Cl)CC1. The molecule has 3 fully saturated rings. The molecule has 30 heavy (non-hydrogen) atoms. The summed E-state index contributed by atoms with van der Waals surface area (Å²) in [6.45, 7) is 1.54. The van der Waals surface area contributed by atoms with E-state index in [1.54, 1.807) is 4.90 Å². The first-order valence-corrected chi connectivity index (χ1v) is 10.7. The monoisotopic (exact) mass is 444 g/mol. The number of anilines is 1. The minimum Gasteiger partial charge on any atom is -0.355 e. The summed E-state index contributed by atoms with van der Waals surface area (Å²) < 4.78 is 38.4. The summed E-state index contributed by atoms with van der Waals surface area (Å²) in [5.41, 5.74) is -0.883. The molecule has 3 aliphatic rings. The number of amides is 2. The van der Waals surface area contributed by atoms with E-state index in [4.69, 9.17) is 11.6 Å². The number of carbonyl (C=O) groups is 2. The van der Waals surface area contributed by atoms with E-state index in [0.717, 1.165) is 31.5 Å². The maximum Gasteiger partial charge on any atom is 0.417 e. The molecule has 1 N–H and O–H groups in total. The van der Waals surface area contributed by atoms with Crippen molar-refractivity contribution in [2.45, 2.75) is 56.8 Å². The van der Waals surface area contributed by atoms with E-state index in [1.807, 2.05) is 4.90 Å². The number of pyridine rings is 1. The highest BCUT2D eigenvalue weighted by atomic mass is 35.5. The second-order valence-corrected chi connectivity index (χ2v) is 8.67. The third-order valence-electron chi connectivity index (χ3n) is 6.06. The van der Waals surface area contributed by atoms with Crippen LogP contribution in [-0.2, 0) is 15.8 Å². The van der Waals surface area contributed by atoms with Crippen molar-refractivity contribution in [2.24, 2.45) is 5.92 Å². The molecular weight excluding hydrogens is 421 g/mol. The molecule has 1 aliphatic carbocycles. The van der Waals surface area contributed by atoms with Gasteiger partial charge >= 0.3 is 6.18 Å². The fourth-order valence-electron chi connectivity index (χ4n) is 4.22. The predicted octanol–water partition coefficient (Wildman–Crippen LogP) is 3.24. The lowest BCUT2D eigenvalue weighted by Gasteiger charge is -2.35. The van der Waals surface area contributed by atoms with E-state index in [2.05, 4.69) is 10.3 Å². The molecule has 1 unspecified atom stereocenters. The Balaban J connectivity index is 1.36. The molecular formula is C20H24ClF3N4O2. The van der Waals surface area contributed by atoms with E-state index in [1.165, 1.54) is 0 Å². The molecule has 1 aromatic rings. The Morgan fingerprint density at radius 3 is 2.40 bits per heavy atom. The van der Waals surface area contributed by atoms with Crippen LogP contribution in [0.1, 0.15) is 44.1 Å². The van der Waals surface area contributed by atoms with Gasteiger partial charge in [-0.05, 0) is 44.6 Å². The molecule has 164 valence electrons. The van der Waals surface area contributed by atoms with Gasteiger partial charge in [-0.1, -0.05) is 11.6 Å². The summed E-state index contributed by atoms with van der Waals surface area (Å²) in [4.78, 5) is 32.9. The molecule has 10 heteroatoms. The summed E-state index contributed by atoms with van der Waals surface area (Å²) in [6, 6.07) is 0.760. The fourth-order valence-corrected chi connectivity index (χ4v) is 4.51. The normalized spacial score (nSPS) is 23.0. The zero-order chi connectivity index (χ0) is 21.5. The highest BCUT2D eigenvalue weighted by molar-refractivity contribution is 6.33. The first kappa shape index (κ1) is 21.2. The van der Waals surface area contributed by atoms with Crippen LogP contribution in [0.2, 0.25) is 5.02 Å². The summed E-state index contributed by atoms with van der Waals surface area (Å²) >= 11 is 6.05. The lowest BCUT2D eigenvalue weighted by molar-refractivity contribution is -0.142. The van der Waals surface area contributed by atoms with Gasteiger partial charge in [0.15, 0.2) is 0 Å². The van der Waals surface area contributed by atoms with Crippen molar-refractivity contribution >= 4 is 29.2 Å². The van der Waals surface area contributed by atoms with Gasteiger partial charge in [0.1, 0.15) is 11.9 Å². The van der Waals surface area contributed by atoms with Crippen LogP contribution >= 0.6 is 11.6 Å². The number of alkyl halides is 3. The second-order valence-electron chi connectivity index (χ2n) is 8.26. The van der Waals surface area contributed by atoms with Gasteiger partial charge in [0, 0.05) is 37.8 Å². The largest absolute Gasteiger partial charge is 0.417 e. The van der Waals surface area contributed by atoms with Crippen LogP contribution in [0.3, 0.4) is 0 Å². The van der Waals surface area contributed by atoms with Gasteiger partial charge in [0.2, 0.25) is 11.8 Å². The molecule has 0 aromatic carbocycles. The molecule has 1 atom stereocenters. The number of carbonyl (C=O) groups excluding carboxylic acids is 2. The van der Waals surface area contributed by atoms with Crippen molar-refractivity contribution in [3.05, 3.63) is 22.8 Å². The van der Waals surface area contributed by atoms with Crippen molar-refractivity contribution < 1.29 is 22.8 Å². The summed E-state index contributed by atoms with van der Waals surface area (Å²) in [7, 11) is 0. The average molecular weight is 445 g/mol. The third-order valence-corrected chi connectivity index (χ3v) is 6.33. The summed E-state index contributed by atoms with van der Waals surface area (Å²) in [5.74, 6) is 0.0401. The molecule has 2 aliphatic heterocycles. The number of nitrogens with one attached hydrogen (secondary N) is 1. The number of nitrogens with zero attached hydrogens (tertiary/aromatic N) is 3. The van der Waals surface area contributed by atoms with Crippen LogP contribution in [0.4, 0.5) is 19.0 Å². The average Bonchev–Trinajstić information content (AvgIpc) is 3.38. The first-order valence-electron chi connectivity index (χ1n) is 10.3. The Hall–Kier alpha value is -2.03. The van der Waals surface area contributed by atoms with Crippen molar-refractivity contribution in [1.29, 1.82) is 0 Å². The smallest absolute Gasteiger partial charge is 0.355 e. The summed E-state index contributed by atoms with van der Waals surface area (Å²) in [6.07, 6.45) is 0.901. The van der Waals surface area contributed by atoms with Crippen molar-refractivity contribution in [1.82, 2.24) is 15.2 Å². The molecule has 1 aromatic heterocycles. The standard InChI is InChI=1S/C20H24ClF3N4O2/c21-15-10-13(20(22,23)24)11-25-17(15)27-8-5-12(6-9-27)19(30)28-7-1-2-16(28)18(29)26-14-3-4-14/h10-12,14,16H,1-9H2,(H,26,29). The van der Waals surface area contributed by atoms with Crippen molar-refractivity contribution in [3.63, 3.8) is 0 Å².